The molecule has 12 heteroatoms. The second kappa shape index (κ2) is 9.63. The summed E-state index contributed by atoms with van der Waals surface area (Å²) in [5.41, 5.74) is -0.0653. The Hall–Kier alpha value is -2.37. The van der Waals surface area contributed by atoms with Crippen LogP contribution >= 0.6 is 11.6 Å². The fraction of sp³-hybridized carbons (Fsp3) is 0.400. The van der Waals surface area contributed by atoms with Gasteiger partial charge in [-0.2, -0.15) is 13.2 Å². The number of rotatable bonds is 6. The molecule has 1 N–H and O–H groups in total. The van der Waals surface area contributed by atoms with Crippen molar-refractivity contribution in [3.05, 3.63) is 52.7 Å². The van der Waals surface area contributed by atoms with Crippen LogP contribution in [0.15, 0.2) is 41.4 Å². The van der Waals surface area contributed by atoms with Crippen molar-refractivity contribution in [2.24, 2.45) is 0 Å². The summed E-state index contributed by atoms with van der Waals surface area (Å²) in [5, 5.41) is -0.0802. The van der Waals surface area contributed by atoms with Gasteiger partial charge in [-0.25, -0.2) is 18.1 Å². The van der Waals surface area contributed by atoms with E-state index in [4.69, 9.17) is 11.6 Å². The number of amides is 1. The number of aromatic nitrogens is 1. The maximum absolute atomic E-state index is 12.8. The lowest BCUT2D eigenvalue weighted by molar-refractivity contribution is -0.137. The lowest BCUT2D eigenvalue weighted by Crippen LogP contribution is -2.49. The molecule has 0 bridgehead atoms. The van der Waals surface area contributed by atoms with Gasteiger partial charge in [0.2, 0.25) is 15.9 Å². The molecule has 1 aliphatic heterocycles. The van der Waals surface area contributed by atoms with Gasteiger partial charge in [-0.15, -0.1) is 0 Å². The van der Waals surface area contributed by atoms with Crippen LogP contribution in [0.2, 0.25) is 5.02 Å². The molecule has 174 valence electrons. The smallest absolute Gasteiger partial charge is 0.352 e. The fourth-order valence-electron chi connectivity index (χ4n) is 3.35. The minimum Gasteiger partial charge on any atom is -0.352 e. The maximum atomic E-state index is 12.8. The SMILES string of the molecule is CNS(=O)(=O)c1ccc(CCC(=O)N2CCN(c3ncc(C(F)(F)F)cc3Cl)CC2)cc1. The first-order chi connectivity index (χ1) is 15.0. The van der Waals surface area contributed by atoms with Crippen LogP contribution in [0, 0.1) is 0 Å². The summed E-state index contributed by atoms with van der Waals surface area (Å²) in [6.07, 6.45) is -3.03. The summed E-state index contributed by atoms with van der Waals surface area (Å²) in [5.74, 6) is 0.214. The number of anilines is 1. The molecule has 0 radical (unpaired) electrons. The van der Waals surface area contributed by atoms with Gasteiger partial charge < -0.3 is 9.80 Å². The van der Waals surface area contributed by atoms with Gasteiger partial charge in [-0.3, -0.25) is 4.79 Å². The third kappa shape index (κ3) is 5.70. The van der Waals surface area contributed by atoms with E-state index in [1.54, 1.807) is 21.9 Å². The van der Waals surface area contributed by atoms with E-state index in [1.165, 1.54) is 19.2 Å². The first kappa shape index (κ1) is 24.3. The number of aryl methyl sites for hydroxylation is 1. The molecule has 3 rings (SSSR count). The molecule has 0 spiro atoms. The van der Waals surface area contributed by atoms with Gasteiger partial charge in [-0.1, -0.05) is 23.7 Å². The Kier molecular flexibility index (Phi) is 7.31. The summed E-state index contributed by atoms with van der Waals surface area (Å²) in [4.78, 5) is 20.0. The summed E-state index contributed by atoms with van der Waals surface area (Å²) < 4.78 is 64.1. The number of nitrogens with zero attached hydrogens (tertiary/aromatic N) is 3. The maximum Gasteiger partial charge on any atom is 0.417 e. The average molecular weight is 491 g/mol. The van der Waals surface area contributed by atoms with Crippen LogP contribution in [0.5, 0.6) is 0 Å². The first-order valence-corrected chi connectivity index (χ1v) is 11.7. The molecule has 1 aromatic carbocycles. The highest BCUT2D eigenvalue weighted by Gasteiger charge is 2.32. The molecular weight excluding hydrogens is 469 g/mol. The predicted octanol–water partition coefficient (Wildman–Crippen LogP) is 2.94. The molecule has 1 amide bonds. The van der Waals surface area contributed by atoms with Gasteiger partial charge in [0, 0.05) is 38.8 Å². The van der Waals surface area contributed by atoms with Crippen molar-refractivity contribution >= 4 is 33.3 Å². The highest BCUT2D eigenvalue weighted by atomic mass is 35.5. The number of hydrogen-bond acceptors (Lipinski definition) is 5. The van der Waals surface area contributed by atoms with Crippen LogP contribution in [0.1, 0.15) is 17.5 Å². The van der Waals surface area contributed by atoms with Crippen molar-refractivity contribution in [3.63, 3.8) is 0 Å². The van der Waals surface area contributed by atoms with E-state index in [9.17, 15) is 26.4 Å². The van der Waals surface area contributed by atoms with Crippen molar-refractivity contribution in [2.75, 3.05) is 38.1 Å². The number of carbonyl (C=O) groups is 1. The standard InChI is InChI=1S/C20H22ClF3N4O3S/c1-25-32(30,31)16-5-2-14(3-6-16)4-7-18(29)27-8-10-28(11-9-27)19-17(21)12-15(13-26-19)20(22,23)24/h2-3,5-6,12-13,25H,4,7-11H2,1H3. The van der Waals surface area contributed by atoms with Crippen molar-refractivity contribution in [3.8, 4) is 0 Å². The fourth-order valence-corrected chi connectivity index (χ4v) is 4.36. The van der Waals surface area contributed by atoms with Crippen LogP contribution in [0.3, 0.4) is 0 Å². The monoisotopic (exact) mass is 490 g/mol. The van der Waals surface area contributed by atoms with Crippen molar-refractivity contribution in [2.45, 2.75) is 23.9 Å². The van der Waals surface area contributed by atoms with Crippen molar-refractivity contribution < 1.29 is 26.4 Å². The molecule has 1 aromatic heterocycles. The van der Waals surface area contributed by atoms with Crippen LogP contribution in [-0.4, -0.2) is 57.4 Å². The number of sulfonamides is 1. The number of halogens is 4. The third-order valence-electron chi connectivity index (χ3n) is 5.21. The van der Waals surface area contributed by atoms with E-state index in [2.05, 4.69) is 9.71 Å². The Balaban J connectivity index is 1.53. The highest BCUT2D eigenvalue weighted by Crippen LogP contribution is 2.33. The molecule has 1 saturated heterocycles. The molecule has 2 heterocycles. The number of hydrogen-bond donors (Lipinski definition) is 1. The summed E-state index contributed by atoms with van der Waals surface area (Å²) >= 11 is 6.01. The van der Waals surface area contributed by atoms with Crippen LogP contribution in [0.4, 0.5) is 19.0 Å². The Labute approximate surface area is 189 Å². The molecule has 0 unspecified atom stereocenters. The first-order valence-electron chi connectivity index (χ1n) is 9.79. The number of piperazine rings is 1. The number of pyridine rings is 1. The molecule has 1 fully saturated rings. The zero-order valence-electron chi connectivity index (χ0n) is 17.2. The molecule has 0 aliphatic carbocycles. The molecule has 0 saturated carbocycles. The van der Waals surface area contributed by atoms with Gasteiger partial charge >= 0.3 is 6.18 Å². The second-order valence-corrected chi connectivity index (χ2v) is 9.54. The van der Waals surface area contributed by atoms with Gasteiger partial charge in [0.1, 0.15) is 5.82 Å². The van der Waals surface area contributed by atoms with Gasteiger partial charge in [0.15, 0.2) is 0 Å². The molecule has 0 atom stereocenters. The predicted molar refractivity (Wildman–Crippen MR) is 114 cm³/mol. The largest absolute Gasteiger partial charge is 0.417 e. The Morgan fingerprint density at radius 1 is 1.16 bits per heavy atom. The molecule has 1 aliphatic rings. The number of alkyl halides is 3. The Morgan fingerprint density at radius 3 is 2.31 bits per heavy atom. The summed E-state index contributed by atoms with van der Waals surface area (Å²) in [7, 11) is -2.17. The quantitative estimate of drug-likeness (QED) is 0.673. The highest BCUT2D eigenvalue weighted by molar-refractivity contribution is 7.89. The van der Waals surface area contributed by atoms with Crippen LogP contribution < -0.4 is 9.62 Å². The number of benzene rings is 1. The van der Waals surface area contributed by atoms with Crippen molar-refractivity contribution in [1.82, 2.24) is 14.6 Å². The van der Waals surface area contributed by atoms with E-state index < -0.39 is 21.8 Å². The van der Waals surface area contributed by atoms with Gasteiger partial charge in [-0.05, 0) is 37.2 Å². The number of carbonyl (C=O) groups excluding carboxylic acids is 1. The zero-order chi connectivity index (χ0) is 23.5. The van der Waals surface area contributed by atoms with Crippen LogP contribution in [-0.2, 0) is 27.4 Å². The molecule has 2 aromatic rings. The van der Waals surface area contributed by atoms with Gasteiger partial charge in [0.25, 0.3) is 0 Å². The zero-order valence-corrected chi connectivity index (χ0v) is 18.8. The summed E-state index contributed by atoms with van der Waals surface area (Å²) in [6, 6.07) is 7.19. The van der Waals surface area contributed by atoms with E-state index in [0.717, 1.165) is 17.8 Å². The normalized spacial score (nSPS) is 15.2. The van der Waals surface area contributed by atoms with E-state index in [1.807, 2.05) is 0 Å². The number of nitrogens with one attached hydrogen (secondary N) is 1. The molecule has 7 nitrogen and oxygen atoms in total. The van der Waals surface area contributed by atoms with Crippen LogP contribution in [0.25, 0.3) is 0 Å². The third-order valence-corrected chi connectivity index (χ3v) is 6.92. The molecular formula is C20H22ClF3N4O3S. The van der Waals surface area contributed by atoms with E-state index in [0.29, 0.717) is 32.6 Å². The lowest BCUT2D eigenvalue weighted by atomic mass is 10.1. The average Bonchev–Trinajstić information content (AvgIpc) is 2.77. The molecule has 32 heavy (non-hydrogen) atoms. The summed E-state index contributed by atoms with van der Waals surface area (Å²) in [6.45, 7) is 1.61. The topological polar surface area (TPSA) is 82.6 Å². The van der Waals surface area contributed by atoms with E-state index >= 15 is 0 Å². The van der Waals surface area contributed by atoms with Gasteiger partial charge in [0.05, 0.1) is 15.5 Å². The Morgan fingerprint density at radius 2 is 1.78 bits per heavy atom. The lowest BCUT2D eigenvalue weighted by Gasteiger charge is -2.36. The Bertz CT molecular complexity index is 1070. The van der Waals surface area contributed by atoms with Crippen molar-refractivity contribution in [1.29, 1.82) is 0 Å². The van der Waals surface area contributed by atoms with E-state index in [-0.39, 0.29) is 28.1 Å². The minimum atomic E-state index is -4.51. The minimum absolute atomic E-state index is 0.0527. The second-order valence-electron chi connectivity index (χ2n) is 7.25.